The summed E-state index contributed by atoms with van der Waals surface area (Å²) in [6.07, 6.45) is 0. The quantitative estimate of drug-likeness (QED) is 0.435. The molecule has 1 aromatic carbocycles. The van der Waals surface area contributed by atoms with Gasteiger partial charge in [-0.1, -0.05) is 30.3 Å². The van der Waals surface area contributed by atoms with Crippen LogP contribution in [0, 0.1) is 0 Å². The molecular formula is C15H20N3O5PS. The second-order valence-corrected chi connectivity index (χ2v) is 10.1. The van der Waals surface area contributed by atoms with E-state index in [-0.39, 0.29) is 0 Å². The molecule has 2 aliphatic rings. The molecule has 0 aromatic heterocycles. The minimum absolute atomic E-state index is 0.495. The molecule has 25 heavy (non-hydrogen) atoms. The number of hydrogen-bond donors (Lipinski definition) is 4. The van der Waals surface area contributed by atoms with E-state index in [1.165, 1.54) is 16.7 Å². The van der Waals surface area contributed by atoms with Crippen LogP contribution in [0.2, 0.25) is 0 Å². The first-order valence-corrected chi connectivity index (χ1v) is 10.3. The molecular weight excluding hydrogens is 365 g/mol. The molecule has 0 saturated carbocycles. The fourth-order valence-corrected chi connectivity index (χ4v) is 6.93. The fourth-order valence-electron chi connectivity index (χ4n) is 3.33. The number of carbonyl (C=O) groups is 2. The maximum atomic E-state index is 12.4. The van der Waals surface area contributed by atoms with E-state index in [0.717, 1.165) is 0 Å². The molecule has 1 aromatic rings. The summed E-state index contributed by atoms with van der Waals surface area (Å²) >= 11 is 1.27. The zero-order chi connectivity index (χ0) is 18.6. The van der Waals surface area contributed by atoms with Gasteiger partial charge in [0.15, 0.2) is 0 Å². The number of nitrogens with one attached hydrogen (secondary N) is 1. The number of thioether (sulfide) groups is 1. The Morgan fingerprint density at radius 1 is 1.36 bits per heavy atom. The van der Waals surface area contributed by atoms with Crippen LogP contribution in [0.15, 0.2) is 30.3 Å². The lowest BCUT2D eigenvalue weighted by Crippen LogP contribution is -2.69. The maximum absolute atomic E-state index is 12.4. The van der Waals surface area contributed by atoms with Gasteiger partial charge in [-0.05, 0) is 19.4 Å². The van der Waals surface area contributed by atoms with E-state index in [0.29, 0.717) is 5.56 Å². The summed E-state index contributed by atoms with van der Waals surface area (Å²) in [5, 5.41) is 2.11. The number of carbonyl (C=O) groups excluding carboxylic acids is 2. The molecule has 5 N–H and O–H groups in total. The normalized spacial score (nSPS) is 28.9. The maximum Gasteiger partial charge on any atom is 0.349 e. The van der Waals surface area contributed by atoms with Crippen LogP contribution >= 0.6 is 19.4 Å². The Kier molecular flexibility index (Phi) is 4.50. The van der Waals surface area contributed by atoms with E-state index in [9.17, 15) is 23.9 Å². The summed E-state index contributed by atoms with van der Waals surface area (Å²) in [6.45, 7) is 3.36. The van der Waals surface area contributed by atoms with Gasteiger partial charge >= 0.3 is 7.60 Å². The zero-order valence-electron chi connectivity index (χ0n) is 13.7. The van der Waals surface area contributed by atoms with Crippen molar-refractivity contribution in [3.8, 4) is 0 Å². The zero-order valence-corrected chi connectivity index (χ0v) is 15.4. The Hall–Kier alpha value is -1.38. The molecule has 2 saturated heterocycles. The Bertz CT molecular complexity index is 753. The third-order valence-electron chi connectivity index (χ3n) is 4.45. The summed E-state index contributed by atoms with van der Waals surface area (Å²) in [5.74, 6) is -2.19. The summed E-state index contributed by atoms with van der Waals surface area (Å²) < 4.78 is 11.0. The largest absolute Gasteiger partial charge is 0.349 e. The molecule has 0 aliphatic carbocycles. The number of nitrogens with zero attached hydrogens (tertiary/aromatic N) is 1. The molecule has 0 bridgehead atoms. The Labute approximate surface area is 149 Å². The number of amides is 2. The standard InChI is InChI=1S/C15H20N3O5PS/c1-15(2)14(24(21,22)23)18-12(20)10(13(18)25-15)17-11(19)9(16)8-6-4-3-5-7-8/h3-7,9-10,13-14H,16H2,1-2H3,(H,17,19)(H2,21,22,23)/t9-,10?,13-,14?/m1/s1. The van der Waals surface area contributed by atoms with Crippen LogP contribution in [0.5, 0.6) is 0 Å². The van der Waals surface area contributed by atoms with Gasteiger partial charge in [0.2, 0.25) is 11.8 Å². The minimum atomic E-state index is -4.50. The van der Waals surface area contributed by atoms with Gasteiger partial charge in [0.05, 0.1) is 0 Å². The lowest BCUT2D eigenvalue weighted by atomic mass is 10.0. The highest BCUT2D eigenvalue weighted by atomic mass is 32.2. The molecule has 2 heterocycles. The van der Waals surface area contributed by atoms with Crippen molar-refractivity contribution in [2.45, 2.75) is 41.8 Å². The van der Waals surface area contributed by atoms with Gasteiger partial charge in [-0.25, -0.2) is 0 Å². The van der Waals surface area contributed by atoms with Gasteiger partial charge in [0.25, 0.3) is 0 Å². The number of hydrogen-bond acceptors (Lipinski definition) is 5. The van der Waals surface area contributed by atoms with Crippen LogP contribution in [-0.2, 0) is 14.2 Å². The third-order valence-corrected chi connectivity index (χ3v) is 7.72. The fraction of sp³-hybridized carbons (Fsp3) is 0.467. The number of rotatable bonds is 4. The highest BCUT2D eigenvalue weighted by molar-refractivity contribution is 8.02. The molecule has 2 amide bonds. The number of fused-ring (bicyclic) bond motifs is 1. The van der Waals surface area contributed by atoms with Crippen LogP contribution in [0.25, 0.3) is 0 Å². The van der Waals surface area contributed by atoms with Gasteiger partial charge in [0.1, 0.15) is 23.2 Å². The molecule has 0 spiro atoms. The van der Waals surface area contributed by atoms with Gasteiger partial charge in [-0.3, -0.25) is 14.2 Å². The van der Waals surface area contributed by atoms with E-state index in [1.807, 2.05) is 0 Å². The van der Waals surface area contributed by atoms with Crippen molar-refractivity contribution in [1.29, 1.82) is 0 Å². The van der Waals surface area contributed by atoms with Crippen LogP contribution in [0.4, 0.5) is 0 Å². The van der Waals surface area contributed by atoms with Crippen molar-refractivity contribution in [3.05, 3.63) is 35.9 Å². The first kappa shape index (κ1) is 18.4. The SMILES string of the molecule is CC1(C)S[C@@H]2C(NC(=O)[C@H](N)c3ccccc3)C(=O)N2C1P(=O)(O)O. The smallest absolute Gasteiger partial charge is 0.340 e. The lowest BCUT2D eigenvalue weighted by Gasteiger charge is -2.44. The number of nitrogens with two attached hydrogens (primary N) is 1. The molecule has 2 unspecified atom stereocenters. The molecule has 136 valence electrons. The minimum Gasteiger partial charge on any atom is -0.340 e. The van der Waals surface area contributed by atoms with Crippen molar-refractivity contribution in [2.75, 3.05) is 0 Å². The molecule has 0 radical (unpaired) electrons. The second-order valence-electron chi connectivity index (χ2n) is 6.69. The van der Waals surface area contributed by atoms with E-state index in [4.69, 9.17) is 5.73 Å². The third kappa shape index (κ3) is 3.11. The second kappa shape index (κ2) is 6.10. The predicted molar refractivity (Wildman–Crippen MR) is 93.4 cm³/mol. The Morgan fingerprint density at radius 3 is 2.52 bits per heavy atom. The first-order valence-electron chi connectivity index (χ1n) is 7.70. The molecule has 2 fully saturated rings. The summed E-state index contributed by atoms with van der Waals surface area (Å²) in [4.78, 5) is 45.1. The van der Waals surface area contributed by atoms with E-state index in [2.05, 4.69) is 5.32 Å². The number of β-lactam (4-membered cyclic amide) rings is 1. The summed E-state index contributed by atoms with van der Waals surface area (Å²) in [5.41, 5.74) is 6.55. The van der Waals surface area contributed by atoms with Gasteiger partial charge in [0, 0.05) is 4.75 Å². The highest BCUT2D eigenvalue weighted by Gasteiger charge is 2.66. The van der Waals surface area contributed by atoms with Crippen molar-refractivity contribution in [2.24, 2.45) is 5.73 Å². The van der Waals surface area contributed by atoms with Crippen LogP contribution < -0.4 is 11.1 Å². The van der Waals surface area contributed by atoms with Gasteiger partial charge in [-0.15, -0.1) is 11.8 Å². The summed E-state index contributed by atoms with van der Waals surface area (Å²) in [7, 11) is -4.50. The molecule has 3 rings (SSSR count). The average molecular weight is 385 g/mol. The molecule has 4 atom stereocenters. The van der Waals surface area contributed by atoms with Crippen molar-refractivity contribution in [3.63, 3.8) is 0 Å². The average Bonchev–Trinajstić information content (AvgIpc) is 2.80. The van der Waals surface area contributed by atoms with E-state index in [1.54, 1.807) is 44.2 Å². The molecule has 10 heteroatoms. The predicted octanol–water partition coefficient (Wildman–Crippen LogP) is 0.369. The Morgan fingerprint density at radius 2 is 1.96 bits per heavy atom. The van der Waals surface area contributed by atoms with Crippen LogP contribution in [0.3, 0.4) is 0 Å². The van der Waals surface area contributed by atoms with Crippen LogP contribution in [0.1, 0.15) is 25.5 Å². The topological polar surface area (TPSA) is 133 Å². The molecule has 8 nitrogen and oxygen atoms in total. The van der Waals surface area contributed by atoms with Gasteiger partial charge < -0.3 is 25.7 Å². The monoisotopic (exact) mass is 385 g/mol. The van der Waals surface area contributed by atoms with Crippen molar-refractivity contribution in [1.82, 2.24) is 10.2 Å². The van der Waals surface area contributed by atoms with Crippen LogP contribution in [-0.4, -0.2) is 48.4 Å². The van der Waals surface area contributed by atoms with E-state index < -0.39 is 47.4 Å². The van der Waals surface area contributed by atoms with E-state index >= 15 is 0 Å². The number of benzene rings is 1. The van der Waals surface area contributed by atoms with Crippen molar-refractivity contribution >= 4 is 31.2 Å². The molecule has 2 aliphatic heterocycles. The highest BCUT2D eigenvalue weighted by Crippen LogP contribution is 2.62. The van der Waals surface area contributed by atoms with Crippen molar-refractivity contribution < 1.29 is 23.9 Å². The lowest BCUT2D eigenvalue weighted by molar-refractivity contribution is -0.149. The summed E-state index contributed by atoms with van der Waals surface area (Å²) in [6, 6.07) is 7.02. The first-order chi connectivity index (χ1) is 11.5. The van der Waals surface area contributed by atoms with Gasteiger partial charge in [-0.2, -0.15) is 0 Å². The Balaban J connectivity index is 1.74.